The lowest BCUT2D eigenvalue weighted by Gasteiger charge is -2.14. The number of amides is 2. The minimum atomic E-state index is -1.04. The van der Waals surface area contributed by atoms with Crippen LogP contribution in [0.25, 0.3) is 0 Å². The second-order valence-corrected chi connectivity index (χ2v) is 5.08. The summed E-state index contributed by atoms with van der Waals surface area (Å²) >= 11 is 1.53. The summed E-state index contributed by atoms with van der Waals surface area (Å²) in [4.78, 5) is 30.7. The average Bonchev–Trinajstić information content (AvgIpc) is 2.41. The first kappa shape index (κ1) is 16.2. The normalized spacial score (nSPS) is 11.7. The molecule has 0 bridgehead atoms. The van der Waals surface area contributed by atoms with Gasteiger partial charge in [-0.05, 0) is 31.4 Å². The number of aliphatic carboxylic acids is 1. The highest BCUT2D eigenvalue weighted by atomic mass is 32.2. The smallest absolute Gasteiger partial charge is 0.326 e. The molecule has 2 amide bonds. The topological polar surface area (TPSA) is 104 Å². The van der Waals surface area contributed by atoms with Crippen LogP contribution in [0.15, 0.2) is 12.3 Å². The maximum Gasteiger partial charge on any atom is 0.326 e. The third-order valence-corrected chi connectivity index (χ3v) is 3.12. The standard InChI is InChI=1S/C12H18N4O3S/c1-8-13-5-3-9(15-8)7-14-12(19)16-10(11(17)18)4-6-20-2/h3,5,10H,4,6-7H2,1-2H3,(H,17,18)(H2,14,16,19)/t10-/m1/s1. The summed E-state index contributed by atoms with van der Waals surface area (Å²) in [6.45, 7) is 1.98. The van der Waals surface area contributed by atoms with Gasteiger partial charge in [-0.25, -0.2) is 19.6 Å². The van der Waals surface area contributed by atoms with Crippen molar-refractivity contribution in [1.29, 1.82) is 0 Å². The molecule has 0 spiro atoms. The van der Waals surface area contributed by atoms with E-state index in [-0.39, 0.29) is 6.54 Å². The minimum absolute atomic E-state index is 0.226. The van der Waals surface area contributed by atoms with Crippen molar-refractivity contribution in [2.75, 3.05) is 12.0 Å². The Morgan fingerprint density at radius 2 is 2.25 bits per heavy atom. The third kappa shape index (κ3) is 5.87. The number of hydrogen-bond donors (Lipinski definition) is 3. The van der Waals surface area contributed by atoms with Crippen LogP contribution >= 0.6 is 11.8 Å². The predicted molar refractivity (Wildman–Crippen MR) is 76.6 cm³/mol. The van der Waals surface area contributed by atoms with Gasteiger partial charge in [0.1, 0.15) is 11.9 Å². The molecule has 0 aliphatic carbocycles. The Morgan fingerprint density at radius 1 is 1.50 bits per heavy atom. The molecule has 110 valence electrons. The Morgan fingerprint density at radius 3 is 2.85 bits per heavy atom. The van der Waals surface area contributed by atoms with Crippen molar-refractivity contribution < 1.29 is 14.7 Å². The minimum Gasteiger partial charge on any atom is -0.480 e. The summed E-state index contributed by atoms with van der Waals surface area (Å²) in [5, 5.41) is 14.0. The predicted octanol–water partition coefficient (Wildman–Crippen LogP) is 0.791. The summed E-state index contributed by atoms with van der Waals surface area (Å²) in [5.41, 5.74) is 0.670. The number of thioether (sulfide) groups is 1. The molecule has 8 heteroatoms. The lowest BCUT2D eigenvalue weighted by molar-refractivity contribution is -0.139. The zero-order valence-corrected chi connectivity index (χ0v) is 12.2. The first-order valence-electron chi connectivity index (χ1n) is 6.07. The molecule has 20 heavy (non-hydrogen) atoms. The molecule has 1 rings (SSSR count). The number of urea groups is 1. The molecule has 0 radical (unpaired) electrons. The van der Waals surface area contributed by atoms with Gasteiger partial charge < -0.3 is 15.7 Å². The maximum absolute atomic E-state index is 11.6. The Balaban J connectivity index is 2.43. The lowest BCUT2D eigenvalue weighted by Crippen LogP contribution is -2.46. The van der Waals surface area contributed by atoms with Crippen LogP contribution in [0.3, 0.4) is 0 Å². The molecule has 0 aromatic carbocycles. The molecule has 0 saturated heterocycles. The van der Waals surface area contributed by atoms with Crippen LogP contribution in [-0.4, -0.2) is 45.1 Å². The summed E-state index contributed by atoms with van der Waals surface area (Å²) in [6, 6.07) is 0.291. The third-order valence-electron chi connectivity index (χ3n) is 2.48. The van der Waals surface area contributed by atoms with Crippen molar-refractivity contribution in [2.45, 2.75) is 25.9 Å². The zero-order chi connectivity index (χ0) is 15.0. The summed E-state index contributed by atoms with van der Waals surface area (Å²) in [6.07, 6.45) is 3.88. The molecule has 0 fully saturated rings. The van der Waals surface area contributed by atoms with Gasteiger partial charge in [0.15, 0.2) is 0 Å². The average molecular weight is 298 g/mol. The molecule has 1 aromatic heterocycles. The fourth-order valence-electron chi connectivity index (χ4n) is 1.48. The van der Waals surface area contributed by atoms with E-state index in [0.717, 1.165) is 0 Å². The van der Waals surface area contributed by atoms with E-state index in [1.807, 2.05) is 6.26 Å². The maximum atomic E-state index is 11.6. The molecule has 0 aliphatic rings. The molecular weight excluding hydrogens is 280 g/mol. The van der Waals surface area contributed by atoms with E-state index in [2.05, 4.69) is 20.6 Å². The van der Waals surface area contributed by atoms with Crippen LogP contribution in [0.5, 0.6) is 0 Å². The highest BCUT2D eigenvalue weighted by Crippen LogP contribution is 2.01. The number of carboxylic acids is 1. The number of aryl methyl sites for hydroxylation is 1. The molecule has 0 unspecified atom stereocenters. The molecule has 7 nitrogen and oxygen atoms in total. The fourth-order valence-corrected chi connectivity index (χ4v) is 1.95. The second-order valence-electron chi connectivity index (χ2n) is 4.09. The molecule has 1 atom stereocenters. The van der Waals surface area contributed by atoms with E-state index in [1.165, 1.54) is 11.8 Å². The molecule has 3 N–H and O–H groups in total. The van der Waals surface area contributed by atoms with Crippen molar-refractivity contribution in [2.24, 2.45) is 0 Å². The van der Waals surface area contributed by atoms with E-state index in [9.17, 15) is 9.59 Å². The van der Waals surface area contributed by atoms with Gasteiger partial charge in [-0.3, -0.25) is 0 Å². The van der Waals surface area contributed by atoms with Crippen LogP contribution < -0.4 is 10.6 Å². The van der Waals surface area contributed by atoms with Gasteiger partial charge in [-0.1, -0.05) is 0 Å². The van der Waals surface area contributed by atoms with Crippen molar-refractivity contribution >= 4 is 23.8 Å². The number of carbonyl (C=O) groups excluding carboxylic acids is 1. The zero-order valence-electron chi connectivity index (χ0n) is 11.4. The fraction of sp³-hybridized carbons (Fsp3) is 0.500. The van der Waals surface area contributed by atoms with Crippen LogP contribution in [0.4, 0.5) is 4.79 Å². The van der Waals surface area contributed by atoms with Crippen molar-refractivity contribution in [3.05, 3.63) is 23.8 Å². The number of hydrogen-bond acceptors (Lipinski definition) is 5. The first-order chi connectivity index (χ1) is 9.52. The second kappa shape index (κ2) is 8.36. The number of nitrogens with one attached hydrogen (secondary N) is 2. The summed E-state index contributed by atoms with van der Waals surface area (Å²) < 4.78 is 0. The number of carboxylic acid groups (broad SMARTS) is 1. The monoisotopic (exact) mass is 298 g/mol. The SMILES string of the molecule is CSCC[C@@H](NC(=O)NCc1ccnc(C)n1)C(=O)O. The molecule has 0 aliphatic heterocycles. The number of carbonyl (C=O) groups is 2. The Hall–Kier alpha value is -1.83. The van der Waals surface area contributed by atoms with E-state index in [0.29, 0.717) is 23.7 Å². The van der Waals surface area contributed by atoms with E-state index >= 15 is 0 Å². The quantitative estimate of drug-likeness (QED) is 0.687. The first-order valence-corrected chi connectivity index (χ1v) is 7.47. The Kier molecular flexibility index (Phi) is 6.78. The van der Waals surface area contributed by atoms with Gasteiger partial charge in [0, 0.05) is 6.20 Å². The van der Waals surface area contributed by atoms with Crippen molar-refractivity contribution in [1.82, 2.24) is 20.6 Å². The van der Waals surface area contributed by atoms with Crippen LogP contribution in [0, 0.1) is 6.92 Å². The number of rotatable bonds is 7. The van der Waals surface area contributed by atoms with Crippen LogP contribution in [0.2, 0.25) is 0 Å². The van der Waals surface area contributed by atoms with Crippen LogP contribution in [-0.2, 0) is 11.3 Å². The number of aromatic nitrogens is 2. The van der Waals surface area contributed by atoms with Crippen LogP contribution in [0.1, 0.15) is 17.9 Å². The van der Waals surface area contributed by atoms with Gasteiger partial charge >= 0.3 is 12.0 Å². The highest BCUT2D eigenvalue weighted by molar-refractivity contribution is 7.98. The molecule has 1 aromatic rings. The van der Waals surface area contributed by atoms with Crippen molar-refractivity contribution in [3.63, 3.8) is 0 Å². The Labute approximate surface area is 121 Å². The van der Waals surface area contributed by atoms with Gasteiger partial charge in [0.05, 0.1) is 12.2 Å². The van der Waals surface area contributed by atoms with Gasteiger partial charge in [0.25, 0.3) is 0 Å². The summed E-state index contributed by atoms with van der Waals surface area (Å²) in [7, 11) is 0. The summed E-state index contributed by atoms with van der Waals surface area (Å²) in [5.74, 6) is 0.252. The van der Waals surface area contributed by atoms with E-state index < -0.39 is 18.0 Å². The molecular formula is C12H18N4O3S. The molecule has 0 saturated carbocycles. The van der Waals surface area contributed by atoms with Gasteiger partial charge in [-0.2, -0.15) is 11.8 Å². The Bertz CT molecular complexity index is 470. The van der Waals surface area contributed by atoms with E-state index in [4.69, 9.17) is 5.11 Å². The number of nitrogens with zero attached hydrogens (tertiary/aromatic N) is 2. The largest absolute Gasteiger partial charge is 0.480 e. The van der Waals surface area contributed by atoms with Gasteiger partial charge in [0.2, 0.25) is 0 Å². The van der Waals surface area contributed by atoms with Gasteiger partial charge in [-0.15, -0.1) is 0 Å². The lowest BCUT2D eigenvalue weighted by atomic mass is 10.2. The molecule has 1 heterocycles. The van der Waals surface area contributed by atoms with Crippen molar-refractivity contribution in [3.8, 4) is 0 Å². The van der Waals surface area contributed by atoms with E-state index in [1.54, 1.807) is 19.2 Å². The highest BCUT2D eigenvalue weighted by Gasteiger charge is 2.19.